The first-order valence-electron chi connectivity index (χ1n) is 7.38. The first kappa shape index (κ1) is 19.9. The van der Waals surface area contributed by atoms with Gasteiger partial charge in [-0.1, -0.05) is 13.8 Å². The van der Waals surface area contributed by atoms with Crippen molar-refractivity contribution in [3.63, 3.8) is 0 Å². The van der Waals surface area contributed by atoms with Crippen molar-refractivity contribution in [2.45, 2.75) is 59.5 Å². The number of carbonyl (C=O) groups is 2. The Morgan fingerprint density at radius 3 is 2.38 bits per heavy atom. The van der Waals surface area contributed by atoms with Gasteiger partial charge in [-0.25, -0.2) is 4.79 Å². The fourth-order valence-corrected chi connectivity index (χ4v) is 1.67. The lowest BCUT2D eigenvalue weighted by Gasteiger charge is -2.25. The number of rotatable bonds is 11. The van der Waals surface area contributed by atoms with E-state index in [2.05, 4.69) is 28.9 Å². The first-order valence-corrected chi connectivity index (χ1v) is 7.38. The molecular weight excluding hydrogens is 274 g/mol. The van der Waals surface area contributed by atoms with Crippen molar-refractivity contribution in [3.8, 4) is 0 Å². The summed E-state index contributed by atoms with van der Waals surface area (Å²) in [4.78, 5) is 31.1. The third-order valence-electron chi connectivity index (χ3n) is 3.09. The molecule has 21 heavy (non-hydrogen) atoms. The van der Waals surface area contributed by atoms with E-state index in [1.54, 1.807) is 0 Å². The van der Waals surface area contributed by atoms with E-state index in [9.17, 15) is 9.59 Å². The minimum absolute atomic E-state index is 0.0191. The monoisotopic (exact) mass is 303 g/mol. The normalized spacial score (nSPS) is 11.5. The van der Waals surface area contributed by atoms with Crippen LogP contribution in [0.3, 0.4) is 0 Å². The summed E-state index contributed by atoms with van der Waals surface area (Å²) in [6.07, 6.45) is 2.18. The van der Waals surface area contributed by atoms with Crippen LogP contribution in [0.15, 0.2) is 0 Å². The van der Waals surface area contributed by atoms with E-state index < -0.39 is 5.97 Å². The molecule has 0 aliphatic rings. The van der Waals surface area contributed by atoms with Crippen LogP contribution in [0.5, 0.6) is 0 Å². The van der Waals surface area contributed by atoms with E-state index in [0.29, 0.717) is 6.54 Å². The van der Waals surface area contributed by atoms with Crippen molar-refractivity contribution in [1.29, 1.82) is 0 Å². The Bertz CT molecular complexity index is 315. The van der Waals surface area contributed by atoms with E-state index in [4.69, 9.17) is 4.74 Å². The molecule has 1 amide bonds. The third kappa shape index (κ3) is 12.3. The Morgan fingerprint density at radius 2 is 1.81 bits per heavy atom. The molecule has 0 unspecified atom stereocenters. The smallest absolute Gasteiger partial charge is 0.342 e. The van der Waals surface area contributed by atoms with Gasteiger partial charge in [-0.3, -0.25) is 9.68 Å². The fraction of sp³-hybridized carbons (Fsp3) is 0.867. The molecule has 0 rings (SSSR count). The van der Waals surface area contributed by atoms with E-state index in [-0.39, 0.29) is 30.3 Å². The van der Waals surface area contributed by atoms with Crippen LogP contribution in [0.2, 0.25) is 0 Å². The summed E-state index contributed by atoms with van der Waals surface area (Å²) in [5.74, 6) is -0.698. The Hall–Kier alpha value is -1.14. The van der Waals surface area contributed by atoms with Gasteiger partial charge in [0.1, 0.15) is 0 Å². The average molecular weight is 303 g/mol. The van der Waals surface area contributed by atoms with Gasteiger partial charge in [0.05, 0.1) is 19.6 Å². The second-order valence-corrected chi connectivity index (χ2v) is 6.06. The molecule has 0 spiro atoms. The van der Waals surface area contributed by atoms with Gasteiger partial charge in [0, 0.05) is 19.6 Å². The van der Waals surface area contributed by atoms with Gasteiger partial charge in [-0.2, -0.15) is 4.89 Å². The maximum atomic E-state index is 11.6. The summed E-state index contributed by atoms with van der Waals surface area (Å²) >= 11 is 0. The van der Waals surface area contributed by atoms with Crippen LogP contribution in [-0.2, 0) is 24.1 Å². The van der Waals surface area contributed by atoms with Gasteiger partial charge < -0.3 is 10.1 Å². The third-order valence-corrected chi connectivity index (χ3v) is 3.09. The number of hydrogen-bond donors (Lipinski definition) is 1. The highest BCUT2D eigenvalue weighted by atomic mass is 17.2. The van der Waals surface area contributed by atoms with E-state index in [1.165, 1.54) is 7.11 Å². The van der Waals surface area contributed by atoms with Crippen LogP contribution in [0.4, 0.5) is 0 Å². The molecule has 0 saturated carbocycles. The molecular formula is C15H29NO5. The minimum Gasteiger partial charge on any atom is -0.379 e. The Morgan fingerprint density at radius 1 is 1.14 bits per heavy atom. The zero-order valence-corrected chi connectivity index (χ0v) is 13.9. The first-order chi connectivity index (χ1) is 9.76. The molecule has 0 aliphatic heterocycles. The molecule has 124 valence electrons. The van der Waals surface area contributed by atoms with E-state index >= 15 is 0 Å². The number of amides is 1. The predicted octanol–water partition coefficient (Wildman–Crippen LogP) is 2.22. The van der Waals surface area contributed by atoms with Crippen molar-refractivity contribution in [3.05, 3.63) is 0 Å². The quantitative estimate of drug-likeness (QED) is 0.468. The lowest BCUT2D eigenvalue weighted by molar-refractivity contribution is -0.255. The molecule has 0 radical (unpaired) electrons. The predicted molar refractivity (Wildman–Crippen MR) is 79.4 cm³/mol. The van der Waals surface area contributed by atoms with Gasteiger partial charge in [0.15, 0.2) is 0 Å². The summed E-state index contributed by atoms with van der Waals surface area (Å²) in [5, 5.41) is 2.81. The number of carbonyl (C=O) groups excluding carboxylic acids is 2. The van der Waals surface area contributed by atoms with Crippen molar-refractivity contribution in [1.82, 2.24) is 5.32 Å². The highest BCUT2D eigenvalue weighted by molar-refractivity contribution is 5.80. The molecule has 0 heterocycles. The fourth-order valence-electron chi connectivity index (χ4n) is 1.67. The summed E-state index contributed by atoms with van der Waals surface area (Å²) in [7, 11) is 1.25. The Labute approximate surface area is 127 Å². The van der Waals surface area contributed by atoms with E-state index in [1.807, 2.05) is 13.8 Å². The van der Waals surface area contributed by atoms with Crippen LogP contribution >= 0.6 is 0 Å². The Kier molecular flexibility index (Phi) is 9.99. The highest BCUT2D eigenvalue weighted by Gasteiger charge is 2.18. The van der Waals surface area contributed by atoms with Crippen LogP contribution in [0.1, 0.15) is 53.4 Å². The molecule has 1 N–H and O–H groups in total. The topological polar surface area (TPSA) is 73.9 Å². The molecule has 0 saturated heterocycles. The second kappa shape index (κ2) is 10.6. The molecule has 6 heteroatoms. The van der Waals surface area contributed by atoms with Gasteiger partial charge in [0.2, 0.25) is 5.91 Å². The summed E-state index contributed by atoms with van der Waals surface area (Å²) in [6, 6.07) is 0. The maximum Gasteiger partial charge on any atom is 0.342 e. The summed E-state index contributed by atoms with van der Waals surface area (Å²) in [6.45, 7) is 9.65. The zero-order valence-electron chi connectivity index (χ0n) is 13.9. The molecule has 0 atom stereocenters. The zero-order chi connectivity index (χ0) is 16.3. The lowest BCUT2D eigenvalue weighted by Crippen LogP contribution is -2.29. The molecule has 0 aliphatic carbocycles. The summed E-state index contributed by atoms with van der Waals surface area (Å²) < 4.78 is 5.54. The van der Waals surface area contributed by atoms with Crippen LogP contribution in [0.25, 0.3) is 0 Å². The standard InChI is InChI=1S/C15H29NO5/c1-12(2)20-11-9-15(3,4)8-10-16-13(17)6-7-14(18)21-19-5/h12H,6-11H2,1-5H3,(H,16,17). The van der Waals surface area contributed by atoms with Crippen LogP contribution in [0, 0.1) is 5.41 Å². The molecule has 0 aromatic rings. The van der Waals surface area contributed by atoms with Gasteiger partial charge in [-0.05, 0) is 32.1 Å². The van der Waals surface area contributed by atoms with Crippen molar-refractivity contribution < 1.29 is 24.1 Å². The van der Waals surface area contributed by atoms with Crippen molar-refractivity contribution in [2.75, 3.05) is 20.3 Å². The van der Waals surface area contributed by atoms with Crippen LogP contribution in [-0.4, -0.2) is 38.2 Å². The second-order valence-electron chi connectivity index (χ2n) is 6.06. The highest BCUT2D eigenvalue weighted by Crippen LogP contribution is 2.24. The average Bonchev–Trinajstić information content (AvgIpc) is 2.35. The van der Waals surface area contributed by atoms with E-state index in [0.717, 1.165) is 19.4 Å². The Balaban J connectivity index is 3.75. The number of nitrogens with one attached hydrogen (secondary N) is 1. The largest absolute Gasteiger partial charge is 0.379 e. The lowest BCUT2D eigenvalue weighted by atomic mass is 9.86. The molecule has 0 fully saturated rings. The molecule has 0 aromatic heterocycles. The number of hydrogen-bond acceptors (Lipinski definition) is 5. The molecule has 0 aromatic carbocycles. The SMILES string of the molecule is COOC(=O)CCC(=O)NCCC(C)(C)CCOC(C)C. The number of ether oxygens (including phenoxy) is 1. The molecule has 6 nitrogen and oxygen atoms in total. The summed E-state index contributed by atoms with van der Waals surface area (Å²) in [5.41, 5.74) is 0.108. The van der Waals surface area contributed by atoms with Crippen molar-refractivity contribution in [2.24, 2.45) is 5.41 Å². The van der Waals surface area contributed by atoms with Gasteiger partial charge >= 0.3 is 5.97 Å². The molecule has 0 bridgehead atoms. The van der Waals surface area contributed by atoms with Gasteiger partial charge in [-0.15, -0.1) is 0 Å². The minimum atomic E-state index is -0.543. The van der Waals surface area contributed by atoms with Crippen LogP contribution < -0.4 is 5.32 Å². The van der Waals surface area contributed by atoms with Gasteiger partial charge in [0.25, 0.3) is 0 Å². The maximum absolute atomic E-state index is 11.6. The van der Waals surface area contributed by atoms with Crippen molar-refractivity contribution >= 4 is 11.9 Å².